The van der Waals surface area contributed by atoms with Crippen LogP contribution in [0.1, 0.15) is 19.3 Å². The molecule has 1 atom stereocenters. The quantitative estimate of drug-likeness (QED) is 0.295. The van der Waals surface area contributed by atoms with E-state index in [1.54, 1.807) is 0 Å². The van der Waals surface area contributed by atoms with Gasteiger partial charge >= 0.3 is 51.4 Å². The monoisotopic (exact) mass is 151 g/mol. The molecule has 0 amide bonds. The van der Waals surface area contributed by atoms with Crippen molar-refractivity contribution < 1.29 is 51.4 Å². The number of nitrogens with zero attached hydrogens (tertiary/aromatic N) is 1. The molecular weight excluding hydrogens is 137 g/mol. The van der Waals surface area contributed by atoms with E-state index < -0.39 is 0 Å². The largest absolute Gasteiger partial charge is 1.00 e. The maximum absolute atomic E-state index is 4.00. The van der Waals surface area contributed by atoms with Crippen LogP contribution >= 0.6 is 0 Å². The predicted molar refractivity (Wildman–Crippen MR) is 35.6 cm³/mol. The minimum absolute atomic E-state index is 0. The van der Waals surface area contributed by atoms with Crippen molar-refractivity contribution >= 4 is 0 Å². The van der Waals surface area contributed by atoms with Crippen LogP contribution in [0.4, 0.5) is 0 Å². The molecule has 1 heterocycles. The van der Waals surface area contributed by atoms with Gasteiger partial charge in [0.25, 0.3) is 0 Å². The van der Waals surface area contributed by atoms with Crippen molar-refractivity contribution in [3.8, 4) is 0 Å². The van der Waals surface area contributed by atoms with E-state index in [-0.39, 0.29) is 51.4 Å². The van der Waals surface area contributed by atoms with Gasteiger partial charge in [-0.2, -0.15) is 0 Å². The molecule has 0 aromatic heterocycles. The average molecular weight is 151 g/mol. The number of likely N-dealkylation sites (tertiary alicyclic amines) is 1. The average Bonchev–Trinajstić information content (AvgIpc) is 1.77. The summed E-state index contributed by atoms with van der Waals surface area (Å²) in [6, 6.07) is 0.587. The fourth-order valence-electron chi connectivity index (χ4n) is 1.14. The van der Waals surface area contributed by atoms with Crippen LogP contribution in [-0.2, 0) is 0 Å². The molecule has 0 aliphatic carbocycles. The first-order valence-electron chi connectivity index (χ1n) is 3.34. The number of rotatable bonds is 0. The van der Waals surface area contributed by atoms with Crippen molar-refractivity contribution in [3.63, 3.8) is 0 Å². The van der Waals surface area contributed by atoms with Gasteiger partial charge in [0, 0.05) is 0 Å². The molecule has 9 heavy (non-hydrogen) atoms. The standard InChI is InChI=1S/C7H14N.K/c1-7-5-3-4-6-8(7)2;/h7H,1,3-6H2,2H3;/q-1;+1. The Kier molecular flexibility index (Phi) is 6.21. The predicted octanol–water partition coefficient (Wildman–Crippen LogP) is -1.69. The van der Waals surface area contributed by atoms with E-state index in [0.717, 1.165) is 0 Å². The summed E-state index contributed by atoms with van der Waals surface area (Å²) in [5.41, 5.74) is 0. The Labute approximate surface area is 101 Å². The summed E-state index contributed by atoms with van der Waals surface area (Å²) in [6.07, 6.45) is 4.03. The van der Waals surface area contributed by atoms with Crippen molar-refractivity contribution in [2.75, 3.05) is 13.6 Å². The first-order valence-corrected chi connectivity index (χ1v) is 3.34. The minimum Gasteiger partial charge on any atom is -0.333 e. The summed E-state index contributed by atoms with van der Waals surface area (Å²) in [6.45, 7) is 5.25. The van der Waals surface area contributed by atoms with Crippen molar-refractivity contribution in [2.45, 2.75) is 25.3 Å². The smallest absolute Gasteiger partial charge is 0.333 e. The second kappa shape index (κ2) is 5.27. The molecule has 1 saturated heterocycles. The second-order valence-electron chi connectivity index (χ2n) is 2.63. The van der Waals surface area contributed by atoms with Crippen LogP contribution in [0.5, 0.6) is 0 Å². The van der Waals surface area contributed by atoms with Crippen molar-refractivity contribution in [3.05, 3.63) is 6.92 Å². The molecule has 0 spiro atoms. The molecule has 0 radical (unpaired) electrons. The van der Waals surface area contributed by atoms with Gasteiger partial charge in [-0.15, -0.1) is 6.04 Å². The zero-order valence-electron chi connectivity index (χ0n) is 6.56. The van der Waals surface area contributed by atoms with E-state index in [0.29, 0.717) is 6.04 Å². The van der Waals surface area contributed by atoms with Gasteiger partial charge in [-0.1, -0.05) is 12.8 Å². The summed E-state index contributed by atoms with van der Waals surface area (Å²) in [5.74, 6) is 0. The molecule has 1 aliphatic heterocycles. The van der Waals surface area contributed by atoms with E-state index in [1.165, 1.54) is 25.8 Å². The summed E-state index contributed by atoms with van der Waals surface area (Å²) >= 11 is 0. The Hall–Kier alpha value is 1.60. The summed E-state index contributed by atoms with van der Waals surface area (Å²) < 4.78 is 0. The maximum Gasteiger partial charge on any atom is 1.00 e. The first kappa shape index (κ1) is 10.6. The molecule has 0 N–H and O–H groups in total. The molecule has 0 aromatic carbocycles. The fourth-order valence-corrected chi connectivity index (χ4v) is 1.14. The van der Waals surface area contributed by atoms with Crippen molar-refractivity contribution in [1.29, 1.82) is 0 Å². The van der Waals surface area contributed by atoms with Crippen LogP contribution in [0.25, 0.3) is 0 Å². The Morgan fingerprint density at radius 1 is 1.44 bits per heavy atom. The van der Waals surface area contributed by atoms with Crippen molar-refractivity contribution in [1.82, 2.24) is 4.90 Å². The van der Waals surface area contributed by atoms with Gasteiger partial charge in [0.05, 0.1) is 0 Å². The SMILES string of the molecule is [CH2-]C1CCCCN1C.[K+]. The molecule has 0 aromatic rings. The molecule has 1 rings (SSSR count). The van der Waals surface area contributed by atoms with E-state index in [9.17, 15) is 0 Å². The van der Waals surface area contributed by atoms with E-state index >= 15 is 0 Å². The number of piperidine rings is 1. The van der Waals surface area contributed by atoms with Gasteiger partial charge < -0.3 is 11.8 Å². The topological polar surface area (TPSA) is 3.24 Å². The van der Waals surface area contributed by atoms with Crippen LogP contribution in [0.3, 0.4) is 0 Å². The molecule has 1 fully saturated rings. The van der Waals surface area contributed by atoms with Crippen LogP contribution in [0, 0.1) is 6.92 Å². The summed E-state index contributed by atoms with van der Waals surface area (Å²) in [4.78, 5) is 2.32. The zero-order valence-corrected chi connectivity index (χ0v) is 9.68. The van der Waals surface area contributed by atoms with Gasteiger partial charge in [-0.25, -0.2) is 0 Å². The van der Waals surface area contributed by atoms with Crippen LogP contribution in [0.2, 0.25) is 0 Å². The van der Waals surface area contributed by atoms with Crippen LogP contribution in [-0.4, -0.2) is 24.5 Å². The number of hydrogen-bond donors (Lipinski definition) is 0. The third kappa shape index (κ3) is 3.49. The minimum atomic E-state index is 0. The summed E-state index contributed by atoms with van der Waals surface area (Å²) in [5, 5.41) is 0. The van der Waals surface area contributed by atoms with Crippen LogP contribution in [0.15, 0.2) is 0 Å². The molecule has 1 unspecified atom stereocenters. The van der Waals surface area contributed by atoms with Gasteiger partial charge in [0.15, 0.2) is 0 Å². The Balaban J connectivity index is 0.000000640. The van der Waals surface area contributed by atoms with Gasteiger partial charge in [-0.05, 0) is 20.0 Å². The molecule has 2 heteroatoms. The van der Waals surface area contributed by atoms with E-state index in [2.05, 4.69) is 18.9 Å². The second-order valence-corrected chi connectivity index (χ2v) is 2.63. The van der Waals surface area contributed by atoms with E-state index in [4.69, 9.17) is 0 Å². The molecule has 1 nitrogen and oxygen atoms in total. The third-order valence-corrected chi connectivity index (χ3v) is 1.92. The molecular formula is C7H14KN. The molecule has 0 saturated carbocycles. The third-order valence-electron chi connectivity index (χ3n) is 1.92. The van der Waals surface area contributed by atoms with Gasteiger partial charge in [0.2, 0.25) is 0 Å². The van der Waals surface area contributed by atoms with Crippen LogP contribution < -0.4 is 51.4 Å². The Morgan fingerprint density at radius 2 is 2.11 bits per heavy atom. The Bertz CT molecular complexity index is 65.3. The van der Waals surface area contributed by atoms with E-state index in [1.807, 2.05) is 0 Å². The summed E-state index contributed by atoms with van der Waals surface area (Å²) in [7, 11) is 2.15. The van der Waals surface area contributed by atoms with Crippen molar-refractivity contribution in [2.24, 2.45) is 0 Å². The maximum atomic E-state index is 4.00. The molecule has 1 aliphatic rings. The molecule has 0 bridgehead atoms. The van der Waals surface area contributed by atoms with Gasteiger partial charge in [0.1, 0.15) is 0 Å². The van der Waals surface area contributed by atoms with Gasteiger partial charge in [-0.3, -0.25) is 0 Å². The Morgan fingerprint density at radius 3 is 2.44 bits per heavy atom. The normalized spacial score (nSPS) is 29.3. The molecule has 48 valence electrons. The zero-order chi connectivity index (χ0) is 5.98. The fraction of sp³-hybridized carbons (Fsp3) is 0.857. The number of hydrogen-bond acceptors (Lipinski definition) is 1. The first-order chi connectivity index (χ1) is 3.80.